The SMILES string of the molecule is Cn1cc(-c2ccc(S(=O)(=O)N3CC(=O)N(c4cc(-c5ccccc5)sc4C(=O)O)C(C4CCCCC4)C3)cn2)cn1. The highest BCUT2D eigenvalue weighted by Crippen LogP contribution is 2.42. The minimum Gasteiger partial charge on any atom is -0.477 e. The van der Waals surface area contributed by atoms with Gasteiger partial charge in [-0.05, 0) is 42.5 Å². The van der Waals surface area contributed by atoms with Gasteiger partial charge in [0.05, 0.1) is 30.2 Å². The van der Waals surface area contributed by atoms with Crippen molar-refractivity contribution < 1.29 is 23.1 Å². The van der Waals surface area contributed by atoms with E-state index in [0.29, 0.717) is 11.4 Å². The summed E-state index contributed by atoms with van der Waals surface area (Å²) in [5.74, 6) is -1.49. The monoisotopic (exact) mass is 605 g/mol. The number of nitrogens with zero attached hydrogens (tertiary/aromatic N) is 5. The van der Waals surface area contributed by atoms with Crippen molar-refractivity contribution in [2.45, 2.75) is 43.0 Å². The number of amides is 1. The van der Waals surface area contributed by atoms with Crippen LogP contribution in [0.2, 0.25) is 0 Å². The number of sulfonamides is 1. The van der Waals surface area contributed by atoms with Gasteiger partial charge in [0, 0.05) is 36.4 Å². The molecule has 1 saturated heterocycles. The first-order chi connectivity index (χ1) is 20.2. The number of aromatic carboxylic acids is 1. The fraction of sp³-hybridized carbons (Fsp3) is 0.333. The normalized spacial score (nSPS) is 18.8. The molecule has 1 aliphatic heterocycles. The second kappa shape index (κ2) is 11.4. The summed E-state index contributed by atoms with van der Waals surface area (Å²) in [6, 6.07) is 13.9. The number of thiophene rings is 1. The largest absolute Gasteiger partial charge is 0.477 e. The molecular formula is C30H31N5O5S2. The zero-order valence-electron chi connectivity index (χ0n) is 23.1. The standard InChI is InChI=1S/C30H31N5O5S2/c1-33-17-22(15-32-33)24-13-12-23(16-31-24)42(39,40)34-18-26(20-8-4-2-5-9-20)35(28(36)19-34)25-14-27(41-29(25)30(37)38)21-10-6-3-7-11-21/h3,6-7,10-17,20,26H,2,4-5,8-9,18-19H2,1H3,(H,37,38). The third-order valence-corrected chi connectivity index (χ3v) is 11.1. The number of carboxylic acid groups (broad SMARTS) is 1. The second-order valence-electron chi connectivity index (χ2n) is 10.8. The summed E-state index contributed by atoms with van der Waals surface area (Å²) in [6.45, 7) is -0.301. The Morgan fingerprint density at radius 3 is 2.43 bits per heavy atom. The molecule has 1 N–H and O–H groups in total. The molecule has 4 aromatic rings. The lowest BCUT2D eigenvalue weighted by Gasteiger charge is -2.44. The molecule has 12 heteroatoms. The summed E-state index contributed by atoms with van der Waals surface area (Å²) >= 11 is 1.13. The fourth-order valence-corrected chi connectivity index (χ4v) is 8.35. The van der Waals surface area contributed by atoms with Crippen LogP contribution in [0.15, 0.2) is 72.0 Å². The van der Waals surface area contributed by atoms with E-state index in [1.807, 2.05) is 30.3 Å². The van der Waals surface area contributed by atoms with Gasteiger partial charge in [-0.25, -0.2) is 13.2 Å². The summed E-state index contributed by atoms with van der Waals surface area (Å²) in [6.07, 6.45) is 9.53. The summed E-state index contributed by atoms with van der Waals surface area (Å²) in [5, 5.41) is 14.3. The molecule has 1 atom stereocenters. The van der Waals surface area contributed by atoms with Crippen LogP contribution in [0.25, 0.3) is 21.7 Å². The Bertz CT molecular complexity index is 1710. The lowest BCUT2D eigenvalue weighted by Crippen LogP contribution is -2.60. The van der Waals surface area contributed by atoms with Crippen molar-refractivity contribution in [1.82, 2.24) is 19.1 Å². The van der Waals surface area contributed by atoms with Gasteiger partial charge < -0.3 is 10.0 Å². The maximum atomic E-state index is 13.9. The molecule has 0 bridgehead atoms. The fourth-order valence-electron chi connectivity index (χ4n) is 6.01. The molecule has 1 amide bonds. The van der Waals surface area contributed by atoms with Crippen LogP contribution >= 0.6 is 11.3 Å². The molecule has 0 spiro atoms. The first-order valence-corrected chi connectivity index (χ1v) is 16.2. The van der Waals surface area contributed by atoms with E-state index in [1.54, 1.807) is 41.2 Å². The van der Waals surface area contributed by atoms with E-state index in [4.69, 9.17) is 0 Å². The molecule has 10 nitrogen and oxygen atoms in total. The number of carboxylic acids is 1. The van der Waals surface area contributed by atoms with Gasteiger partial charge in [-0.1, -0.05) is 49.6 Å². The predicted octanol–water partition coefficient (Wildman–Crippen LogP) is 4.90. The molecule has 3 aromatic heterocycles. The van der Waals surface area contributed by atoms with E-state index >= 15 is 0 Å². The Morgan fingerprint density at radius 2 is 1.79 bits per heavy atom. The average molecular weight is 606 g/mol. The lowest BCUT2D eigenvalue weighted by molar-refractivity contribution is -0.121. The first-order valence-electron chi connectivity index (χ1n) is 13.9. The zero-order chi connectivity index (χ0) is 29.4. The number of benzene rings is 1. The van der Waals surface area contributed by atoms with Crippen molar-refractivity contribution in [3.05, 3.63) is 72.0 Å². The molecule has 1 aromatic carbocycles. The molecule has 42 heavy (non-hydrogen) atoms. The Hall–Kier alpha value is -3.87. The first kappa shape index (κ1) is 28.3. The number of carbonyl (C=O) groups is 2. The van der Waals surface area contributed by atoms with E-state index in [0.717, 1.165) is 59.4 Å². The number of hydrogen-bond donors (Lipinski definition) is 1. The van der Waals surface area contributed by atoms with Crippen LogP contribution in [0, 0.1) is 5.92 Å². The summed E-state index contributed by atoms with van der Waals surface area (Å²) < 4.78 is 30.5. The number of anilines is 1. The number of aryl methyl sites for hydroxylation is 1. The summed E-state index contributed by atoms with van der Waals surface area (Å²) in [4.78, 5) is 33.1. The molecule has 1 saturated carbocycles. The van der Waals surface area contributed by atoms with E-state index in [9.17, 15) is 23.1 Å². The van der Waals surface area contributed by atoms with Crippen LogP contribution < -0.4 is 4.90 Å². The molecule has 6 rings (SSSR count). The molecule has 1 aliphatic carbocycles. The van der Waals surface area contributed by atoms with Crippen molar-refractivity contribution in [2.24, 2.45) is 13.0 Å². The van der Waals surface area contributed by atoms with Gasteiger partial charge in [-0.2, -0.15) is 9.40 Å². The van der Waals surface area contributed by atoms with Crippen molar-refractivity contribution in [1.29, 1.82) is 0 Å². The van der Waals surface area contributed by atoms with Gasteiger partial charge >= 0.3 is 5.97 Å². The third-order valence-electron chi connectivity index (χ3n) is 8.10. The van der Waals surface area contributed by atoms with Crippen molar-refractivity contribution >= 4 is 38.9 Å². The highest BCUT2D eigenvalue weighted by molar-refractivity contribution is 7.89. The van der Waals surface area contributed by atoms with E-state index in [-0.39, 0.29) is 28.8 Å². The Labute approximate surface area is 248 Å². The van der Waals surface area contributed by atoms with Crippen LogP contribution in [0.1, 0.15) is 41.8 Å². The van der Waals surface area contributed by atoms with Crippen molar-refractivity contribution in [3.8, 4) is 21.7 Å². The maximum absolute atomic E-state index is 13.9. The number of rotatable bonds is 7. The highest BCUT2D eigenvalue weighted by Gasteiger charge is 2.44. The quantitative estimate of drug-likeness (QED) is 0.318. The van der Waals surface area contributed by atoms with Crippen molar-refractivity contribution in [2.75, 3.05) is 18.0 Å². The number of hydrogen-bond acceptors (Lipinski definition) is 7. The number of pyridine rings is 1. The van der Waals surface area contributed by atoms with Gasteiger partial charge in [0.25, 0.3) is 0 Å². The molecule has 218 valence electrons. The van der Waals surface area contributed by atoms with Crippen LogP contribution in [-0.2, 0) is 21.9 Å². The number of piperazine rings is 1. The third kappa shape index (κ3) is 5.37. The number of carbonyl (C=O) groups excluding carboxylic acids is 1. The highest BCUT2D eigenvalue weighted by atomic mass is 32.2. The molecule has 0 radical (unpaired) electrons. The predicted molar refractivity (Wildman–Crippen MR) is 160 cm³/mol. The average Bonchev–Trinajstić information content (AvgIpc) is 3.65. The van der Waals surface area contributed by atoms with E-state index < -0.39 is 27.9 Å². The zero-order valence-corrected chi connectivity index (χ0v) is 24.7. The summed E-state index contributed by atoms with van der Waals surface area (Å²) in [5.41, 5.74) is 2.56. The van der Waals surface area contributed by atoms with E-state index in [1.165, 1.54) is 16.6 Å². The molecule has 4 heterocycles. The molecular weight excluding hydrogens is 574 g/mol. The molecule has 1 unspecified atom stereocenters. The van der Waals surface area contributed by atoms with Gasteiger partial charge in [0.1, 0.15) is 9.77 Å². The van der Waals surface area contributed by atoms with Gasteiger partial charge in [0.15, 0.2) is 0 Å². The minimum atomic E-state index is -4.04. The Kier molecular flexibility index (Phi) is 7.69. The minimum absolute atomic E-state index is 0.00640. The summed E-state index contributed by atoms with van der Waals surface area (Å²) in [7, 11) is -2.25. The van der Waals surface area contributed by atoms with E-state index in [2.05, 4.69) is 10.1 Å². The molecule has 2 aliphatic rings. The van der Waals surface area contributed by atoms with Gasteiger partial charge in [-0.3, -0.25) is 14.5 Å². The van der Waals surface area contributed by atoms with Gasteiger partial charge in [0.2, 0.25) is 15.9 Å². The Balaban J connectivity index is 1.35. The maximum Gasteiger partial charge on any atom is 0.348 e. The second-order valence-corrected chi connectivity index (χ2v) is 13.8. The van der Waals surface area contributed by atoms with Crippen molar-refractivity contribution in [3.63, 3.8) is 0 Å². The van der Waals surface area contributed by atoms with Crippen LogP contribution in [0.3, 0.4) is 0 Å². The smallest absolute Gasteiger partial charge is 0.348 e. The molecule has 2 fully saturated rings. The van der Waals surface area contributed by atoms with Crippen LogP contribution in [-0.4, -0.2) is 63.6 Å². The van der Waals surface area contributed by atoms with Gasteiger partial charge in [-0.15, -0.1) is 11.3 Å². The topological polar surface area (TPSA) is 126 Å². The van der Waals surface area contributed by atoms with Crippen LogP contribution in [0.5, 0.6) is 0 Å². The number of aromatic nitrogens is 3. The van der Waals surface area contributed by atoms with Crippen LogP contribution in [0.4, 0.5) is 5.69 Å². The Morgan fingerprint density at radius 1 is 1.02 bits per heavy atom. The lowest BCUT2D eigenvalue weighted by atomic mass is 9.82.